The van der Waals surface area contributed by atoms with Crippen LogP contribution in [0.4, 0.5) is 23.4 Å². The third-order valence-electron chi connectivity index (χ3n) is 6.87. The van der Waals surface area contributed by atoms with Crippen LogP contribution in [0, 0.1) is 12.7 Å². The first-order valence-corrected chi connectivity index (χ1v) is 12.1. The predicted octanol–water partition coefficient (Wildman–Crippen LogP) is 5.27. The van der Waals surface area contributed by atoms with Gasteiger partial charge >= 0.3 is 6.18 Å². The van der Waals surface area contributed by atoms with Gasteiger partial charge < -0.3 is 15.2 Å². The van der Waals surface area contributed by atoms with Crippen LogP contribution in [0.15, 0.2) is 48.7 Å². The van der Waals surface area contributed by atoms with E-state index in [-0.39, 0.29) is 11.6 Å². The van der Waals surface area contributed by atoms with E-state index in [0.29, 0.717) is 41.1 Å². The van der Waals surface area contributed by atoms with Crippen LogP contribution in [0.2, 0.25) is 0 Å². The minimum Gasteiger partial charge on any atom is -0.493 e. The van der Waals surface area contributed by atoms with Crippen LogP contribution in [0.1, 0.15) is 37.2 Å². The lowest BCUT2D eigenvalue weighted by Gasteiger charge is -2.38. The molecule has 38 heavy (non-hydrogen) atoms. The summed E-state index contributed by atoms with van der Waals surface area (Å²) in [6.45, 7) is 4.56. The number of aromatic nitrogens is 4. The van der Waals surface area contributed by atoms with Gasteiger partial charge in [-0.3, -0.25) is 0 Å². The lowest BCUT2D eigenvalue weighted by atomic mass is 9.74. The quantitative estimate of drug-likeness (QED) is 0.317. The molecule has 11 heteroatoms. The predicted molar refractivity (Wildman–Crippen MR) is 134 cm³/mol. The van der Waals surface area contributed by atoms with Crippen molar-refractivity contribution in [3.63, 3.8) is 0 Å². The average molecular weight is 530 g/mol. The lowest BCUT2D eigenvalue weighted by molar-refractivity contribution is -0.260. The maximum atomic E-state index is 14.4. The van der Waals surface area contributed by atoms with Gasteiger partial charge in [-0.2, -0.15) is 18.3 Å². The summed E-state index contributed by atoms with van der Waals surface area (Å²) in [6.07, 6.45) is -3.44. The van der Waals surface area contributed by atoms with Crippen molar-refractivity contribution >= 4 is 16.9 Å². The van der Waals surface area contributed by atoms with Gasteiger partial charge in [-0.15, -0.1) is 0 Å². The number of hydrogen-bond donors (Lipinski definition) is 2. The molecule has 0 fully saturated rings. The number of hydrogen-bond acceptors (Lipinski definition) is 6. The van der Waals surface area contributed by atoms with Crippen molar-refractivity contribution in [2.24, 2.45) is 0 Å². The van der Waals surface area contributed by atoms with Gasteiger partial charge in [-0.1, -0.05) is 32.0 Å². The van der Waals surface area contributed by atoms with Gasteiger partial charge in [0.15, 0.2) is 11.2 Å². The van der Waals surface area contributed by atoms with Crippen LogP contribution in [0.3, 0.4) is 0 Å². The lowest BCUT2D eigenvalue weighted by Crippen LogP contribution is -2.53. The van der Waals surface area contributed by atoms with Crippen molar-refractivity contribution in [2.45, 2.75) is 50.8 Å². The minimum atomic E-state index is -4.93. The molecule has 1 aliphatic heterocycles. The molecule has 0 bridgehead atoms. The number of ether oxygens (including phenoxy) is 1. The van der Waals surface area contributed by atoms with Crippen molar-refractivity contribution in [2.75, 3.05) is 18.5 Å². The fourth-order valence-electron chi connectivity index (χ4n) is 4.99. The zero-order valence-electron chi connectivity index (χ0n) is 21.1. The van der Waals surface area contributed by atoms with Crippen LogP contribution >= 0.6 is 0 Å². The number of para-hydroxylation sites is 1. The third kappa shape index (κ3) is 4.66. The zero-order valence-corrected chi connectivity index (χ0v) is 21.1. The van der Waals surface area contributed by atoms with Gasteiger partial charge in [0, 0.05) is 12.0 Å². The van der Waals surface area contributed by atoms with Crippen LogP contribution in [0.25, 0.3) is 16.7 Å². The monoisotopic (exact) mass is 529 g/mol. The number of benzene rings is 2. The van der Waals surface area contributed by atoms with E-state index < -0.39 is 36.0 Å². The SMILES string of the molecule is Cc1nc(NCC(O)(CC(C)(C)c2cccc3c2OCC3)C(F)(F)F)c2cnn(-c3ccc(F)cc3)c2n1. The van der Waals surface area contributed by atoms with Crippen molar-refractivity contribution in [1.29, 1.82) is 0 Å². The number of aryl methyl sites for hydroxylation is 1. The Morgan fingerprint density at radius 3 is 2.53 bits per heavy atom. The molecule has 4 aromatic rings. The van der Waals surface area contributed by atoms with Crippen molar-refractivity contribution < 1.29 is 27.4 Å². The number of nitrogens with zero attached hydrogens (tertiary/aromatic N) is 4. The Kier molecular flexibility index (Phi) is 6.29. The van der Waals surface area contributed by atoms with E-state index in [1.807, 2.05) is 6.07 Å². The molecule has 1 aliphatic rings. The summed E-state index contributed by atoms with van der Waals surface area (Å²) in [5, 5.41) is 18.4. The summed E-state index contributed by atoms with van der Waals surface area (Å²) in [5.74, 6) is 0.568. The number of aliphatic hydroxyl groups is 1. The Bertz CT molecular complexity index is 1480. The number of rotatable bonds is 7. The van der Waals surface area contributed by atoms with E-state index in [2.05, 4.69) is 20.4 Å². The topological polar surface area (TPSA) is 85.1 Å². The Morgan fingerprint density at radius 2 is 1.82 bits per heavy atom. The summed E-state index contributed by atoms with van der Waals surface area (Å²) in [5.41, 5.74) is -1.73. The first kappa shape index (κ1) is 25.9. The van der Waals surface area contributed by atoms with Gasteiger partial charge in [0.2, 0.25) is 0 Å². The number of fused-ring (bicyclic) bond motifs is 2. The number of nitrogens with one attached hydrogen (secondary N) is 1. The Labute approximate surface area is 216 Å². The molecular weight excluding hydrogens is 502 g/mol. The van der Waals surface area contributed by atoms with Gasteiger partial charge in [-0.25, -0.2) is 19.0 Å². The Morgan fingerprint density at radius 1 is 1.08 bits per heavy atom. The van der Waals surface area contributed by atoms with Gasteiger partial charge in [-0.05, 0) is 48.6 Å². The maximum Gasteiger partial charge on any atom is 0.418 e. The normalized spacial score (nSPS) is 15.3. The van der Waals surface area contributed by atoms with E-state index >= 15 is 0 Å². The highest BCUT2D eigenvalue weighted by Gasteiger charge is 2.56. The summed E-state index contributed by atoms with van der Waals surface area (Å²) < 4.78 is 63.7. The molecule has 1 unspecified atom stereocenters. The molecule has 2 aromatic heterocycles. The first-order chi connectivity index (χ1) is 17.9. The number of anilines is 1. The van der Waals surface area contributed by atoms with Gasteiger partial charge in [0.05, 0.1) is 30.4 Å². The fraction of sp³-hybridized carbons (Fsp3) is 0.370. The van der Waals surface area contributed by atoms with E-state index in [9.17, 15) is 22.7 Å². The molecule has 200 valence electrons. The summed E-state index contributed by atoms with van der Waals surface area (Å²) in [7, 11) is 0. The highest BCUT2D eigenvalue weighted by atomic mass is 19.4. The van der Waals surface area contributed by atoms with Crippen LogP contribution < -0.4 is 10.1 Å². The second kappa shape index (κ2) is 9.23. The molecule has 2 N–H and O–H groups in total. The molecule has 0 saturated carbocycles. The highest BCUT2D eigenvalue weighted by molar-refractivity contribution is 5.87. The van der Waals surface area contributed by atoms with Crippen molar-refractivity contribution in [1.82, 2.24) is 19.7 Å². The summed E-state index contributed by atoms with van der Waals surface area (Å²) >= 11 is 0. The van der Waals surface area contributed by atoms with Crippen LogP contribution in [0.5, 0.6) is 5.75 Å². The van der Waals surface area contributed by atoms with Crippen LogP contribution in [-0.2, 0) is 11.8 Å². The van der Waals surface area contributed by atoms with Gasteiger partial charge in [0.25, 0.3) is 0 Å². The molecule has 0 amide bonds. The molecule has 1 atom stereocenters. The summed E-state index contributed by atoms with van der Waals surface area (Å²) in [4.78, 5) is 8.65. The van der Waals surface area contributed by atoms with E-state index in [1.54, 1.807) is 32.9 Å². The summed E-state index contributed by atoms with van der Waals surface area (Å²) in [6, 6.07) is 11.0. The average Bonchev–Trinajstić information content (AvgIpc) is 3.49. The zero-order chi connectivity index (χ0) is 27.3. The third-order valence-corrected chi connectivity index (χ3v) is 6.87. The maximum absolute atomic E-state index is 14.4. The Balaban J connectivity index is 1.46. The number of halogens is 4. The number of alkyl halides is 3. The van der Waals surface area contributed by atoms with E-state index in [1.165, 1.54) is 35.1 Å². The standard InChI is InChI=1S/C27H27F4N5O2/c1-16-34-23(20-13-33-36(24(20)35-16)19-9-7-18(28)8-10-19)32-15-26(37,27(29,30)31)14-25(2,3)21-6-4-5-17-11-12-38-22(17)21/h4-10,13,37H,11-12,14-15H2,1-3H3,(H,32,34,35). The van der Waals surface area contributed by atoms with Crippen molar-refractivity contribution in [3.05, 3.63) is 71.4 Å². The fourth-order valence-corrected chi connectivity index (χ4v) is 4.99. The molecule has 0 saturated heterocycles. The minimum absolute atomic E-state index is 0.102. The molecule has 3 heterocycles. The molecule has 0 radical (unpaired) electrons. The smallest absolute Gasteiger partial charge is 0.418 e. The second-order valence-electron chi connectivity index (χ2n) is 10.2. The largest absolute Gasteiger partial charge is 0.493 e. The van der Waals surface area contributed by atoms with Crippen molar-refractivity contribution in [3.8, 4) is 11.4 Å². The van der Waals surface area contributed by atoms with Gasteiger partial charge in [0.1, 0.15) is 23.2 Å². The Hall–Kier alpha value is -3.73. The molecule has 0 aliphatic carbocycles. The van der Waals surface area contributed by atoms with E-state index in [4.69, 9.17) is 4.74 Å². The molecule has 7 nitrogen and oxygen atoms in total. The first-order valence-electron chi connectivity index (χ1n) is 12.1. The molecule has 0 spiro atoms. The van der Waals surface area contributed by atoms with E-state index in [0.717, 1.165) is 5.56 Å². The second-order valence-corrected chi connectivity index (χ2v) is 10.2. The van der Waals surface area contributed by atoms with Crippen LogP contribution in [-0.4, -0.2) is 49.8 Å². The highest BCUT2D eigenvalue weighted by Crippen LogP contribution is 2.45. The molecular formula is C27H27F4N5O2. The molecule has 5 rings (SSSR count). The molecule has 2 aromatic carbocycles.